The lowest BCUT2D eigenvalue weighted by Gasteiger charge is -2.28. The Hall–Kier alpha value is -3.08. The number of nitrogens with one attached hydrogen (secondary N) is 2. The molecule has 1 aromatic heterocycles. The summed E-state index contributed by atoms with van der Waals surface area (Å²) in [6, 6.07) is 5.60. The zero-order chi connectivity index (χ0) is 27.4. The quantitative estimate of drug-likeness (QED) is 0.470. The number of anilines is 3. The first kappa shape index (κ1) is 26.5. The molecule has 1 amide bonds. The van der Waals surface area contributed by atoms with Crippen molar-refractivity contribution in [2.45, 2.75) is 88.8 Å². The molecule has 38 heavy (non-hydrogen) atoms. The number of aromatic nitrogens is 2. The summed E-state index contributed by atoms with van der Waals surface area (Å²) in [4.78, 5) is 25.0. The summed E-state index contributed by atoms with van der Waals surface area (Å²) in [5, 5.41) is 6.14. The number of hydrogen-bond donors (Lipinski definition) is 2. The maximum atomic E-state index is 13.8. The van der Waals surface area contributed by atoms with Crippen molar-refractivity contribution in [2.75, 3.05) is 24.7 Å². The van der Waals surface area contributed by atoms with Crippen LogP contribution in [0, 0.1) is 0 Å². The Morgan fingerprint density at radius 2 is 1.79 bits per heavy atom. The first-order valence-electron chi connectivity index (χ1n) is 13.1. The highest BCUT2D eigenvalue weighted by molar-refractivity contribution is 5.73. The predicted molar refractivity (Wildman–Crippen MR) is 138 cm³/mol. The van der Waals surface area contributed by atoms with Gasteiger partial charge in [0.15, 0.2) is 0 Å². The third-order valence-electron chi connectivity index (χ3n) is 7.61. The van der Waals surface area contributed by atoms with Crippen LogP contribution < -0.4 is 10.6 Å². The van der Waals surface area contributed by atoms with Gasteiger partial charge in [-0.1, -0.05) is 6.07 Å². The van der Waals surface area contributed by atoms with E-state index in [4.69, 9.17) is 4.74 Å². The molecule has 2 fully saturated rings. The summed E-state index contributed by atoms with van der Waals surface area (Å²) in [6.07, 6.45) is 0.252. The van der Waals surface area contributed by atoms with Crippen LogP contribution in [0.1, 0.15) is 81.6 Å². The van der Waals surface area contributed by atoms with Crippen LogP contribution >= 0.6 is 0 Å². The third kappa shape index (κ3) is 5.12. The van der Waals surface area contributed by atoms with Crippen LogP contribution in [0.15, 0.2) is 24.4 Å². The van der Waals surface area contributed by atoms with Gasteiger partial charge in [-0.25, -0.2) is 9.78 Å². The maximum absolute atomic E-state index is 13.8. The van der Waals surface area contributed by atoms with Crippen molar-refractivity contribution in [3.63, 3.8) is 0 Å². The lowest BCUT2D eigenvalue weighted by molar-refractivity contribution is -0.137. The number of nitrogens with zero attached hydrogens (tertiary/aromatic N) is 4. The minimum atomic E-state index is -4.58. The highest BCUT2D eigenvalue weighted by atomic mass is 19.4. The highest BCUT2D eigenvalue weighted by Crippen LogP contribution is 2.54. The molecule has 0 radical (unpaired) electrons. The lowest BCUT2D eigenvalue weighted by Crippen LogP contribution is -2.39. The number of rotatable bonds is 5. The summed E-state index contributed by atoms with van der Waals surface area (Å²) in [5.41, 5.74) is 1.27. The van der Waals surface area contributed by atoms with Crippen molar-refractivity contribution in [3.05, 3.63) is 41.1 Å². The van der Waals surface area contributed by atoms with Gasteiger partial charge in [0.2, 0.25) is 5.95 Å². The minimum Gasteiger partial charge on any atom is -0.444 e. The Balaban J connectivity index is 1.38. The molecule has 11 heteroatoms. The molecule has 2 aliphatic heterocycles. The molecule has 2 bridgehead atoms. The number of halogens is 3. The Morgan fingerprint density at radius 3 is 2.45 bits per heavy atom. The van der Waals surface area contributed by atoms with E-state index < -0.39 is 17.3 Å². The molecule has 1 aromatic carbocycles. The first-order chi connectivity index (χ1) is 17.8. The van der Waals surface area contributed by atoms with Crippen LogP contribution in [0.5, 0.6) is 0 Å². The van der Waals surface area contributed by atoms with Crippen LogP contribution in [0.3, 0.4) is 0 Å². The van der Waals surface area contributed by atoms with Gasteiger partial charge < -0.3 is 20.3 Å². The van der Waals surface area contributed by atoms with E-state index in [-0.39, 0.29) is 42.0 Å². The van der Waals surface area contributed by atoms with E-state index in [1.54, 1.807) is 4.90 Å². The number of carbonyl (C=O) groups is 1. The SMILES string of the molecule is CN(C)[C@@H]1CCC[C@H]1Nc1nc(Nc2ccc3c(c2)[C@@H]2CC[C@H]3N2C(=O)OC(C)(C)C)ncc1C(F)(F)F. The molecule has 1 aliphatic carbocycles. The number of alkyl halides is 3. The van der Waals surface area contributed by atoms with Gasteiger partial charge in [-0.15, -0.1) is 0 Å². The molecule has 0 spiro atoms. The van der Waals surface area contributed by atoms with Crippen LogP contribution in [0.4, 0.5) is 35.4 Å². The first-order valence-corrected chi connectivity index (χ1v) is 13.1. The Bertz CT molecular complexity index is 1210. The van der Waals surface area contributed by atoms with Crippen LogP contribution in [-0.2, 0) is 10.9 Å². The van der Waals surface area contributed by atoms with Gasteiger partial charge in [-0.3, -0.25) is 4.90 Å². The second-order valence-corrected chi connectivity index (χ2v) is 11.6. The number of benzene rings is 1. The van der Waals surface area contributed by atoms with Gasteiger partial charge in [-0.2, -0.15) is 18.2 Å². The van der Waals surface area contributed by atoms with Gasteiger partial charge in [0.25, 0.3) is 0 Å². The van der Waals surface area contributed by atoms with Gasteiger partial charge in [0.1, 0.15) is 17.0 Å². The van der Waals surface area contributed by atoms with Crippen LogP contribution in [0.25, 0.3) is 0 Å². The highest BCUT2D eigenvalue weighted by Gasteiger charge is 2.48. The van der Waals surface area contributed by atoms with Crippen LogP contribution in [-0.4, -0.2) is 57.6 Å². The number of amides is 1. The maximum Gasteiger partial charge on any atom is 0.421 e. The number of ether oxygens (including phenoxy) is 1. The van der Waals surface area contributed by atoms with Crippen molar-refractivity contribution < 1.29 is 22.7 Å². The molecule has 3 aliphatic rings. The van der Waals surface area contributed by atoms with E-state index in [0.717, 1.165) is 49.4 Å². The van der Waals surface area contributed by atoms with Gasteiger partial charge >= 0.3 is 12.3 Å². The van der Waals surface area contributed by atoms with E-state index >= 15 is 0 Å². The average Bonchev–Trinajstić information content (AvgIpc) is 3.51. The molecule has 1 saturated carbocycles. The molecule has 5 rings (SSSR count). The zero-order valence-corrected chi connectivity index (χ0v) is 22.4. The van der Waals surface area contributed by atoms with Crippen molar-refractivity contribution >= 4 is 23.5 Å². The summed E-state index contributed by atoms with van der Waals surface area (Å²) in [5.74, 6) is -0.142. The number of carbonyl (C=O) groups excluding carboxylic acids is 1. The van der Waals surface area contributed by atoms with E-state index in [2.05, 4.69) is 20.6 Å². The van der Waals surface area contributed by atoms with Crippen molar-refractivity contribution in [2.24, 2.45) is 0 Å². The standard InChI is InChI=1S/C27H35F3N6O2/c1-26(2,3)38-25(37)36-20-11-12-21(36)17-13-15(9-10-16(17)20)32-24-31-14-18(27(28,29)30)23(34-24)33-19-7-6-8-22(19)35(4)5/h9-10,13-14,19-22H,6-8,11-12H2,1-5H3,(H2,31,32,33,34)/t19-,20-,21+,22-/m1/s1. The topological polar surface area (TPSA) is 82.6 Å². The normalized spacial score (nSPS) is 24.6. The van der Waals surface area contributed by atoms with E-state index in [0.29, 0.717) is 5.69 Å². The Labute approximate surface area is 221 Å². The molecular formula is C27H35F3N6O2. The average molecular weight is 533 g/mol. The predicted octanol–water partition coefficient (Wildman–Crippen LogP) is 6.26. The van der Waals surface area contributed by atoms with E-state index in [1.807, 2.05) is 58.0 Å². The van der Waals surface area contributed by atoms with Crippen molar-refractivity contribution in [1.29, 1.82) is 0 Å². The molecule has 3 heterocycles. The fourth-order valence-corrected chi connectivity index (χ4v) is 6.03. The van der Waals surface area contributed by atoms with E-state index in [1.165, 1.54) is 0 Å². The monoisotopic (exact) mass is 532 g/mol. The fraction of sp³-hybridized carbons (Fsp3) is 0.593. The molecule has 206 valence electrons. The molecular weight excluding hydrogens is 497 g/mol. The summed E-state index contributed by atoms with van der Waals surface area (Å²) in [7, 11) is 3.87. The number of fused-ring (bicyclic) bond motifs is 5. The van der Waals surface area contributed by atoms with Gasteiger partial charge in [-0.05, 0) is 90.2 Å². The Morgan fingerprint density at radius 1 is 1.08 bits per heavy atom. The van der Waals surface area contributed by atoms with Gasteiger partial charge in [0.05, 0.1) is 12.1 Å². The summed E-state index contributed by atoms with van der Waals surface area (Å²) >= 11 is 0. The lowest BCUT2D eigenvalue weighted by atomic mass is 9.91. The molecule has 4 atom stereocenters. The second kappa shape index (κ2) is 9.59. The summed E-state index contributed by atoms with van der Waals surface area (Å²) < 4.78 is 47.0. The minimum absolute atomic E-state index is 0.0342. The zero-order valence-electron chi connectivity index (χ0n) is 22.4. The summed E-state index contributed by atoms with van der Waals surface area (Å²) in [6.45, 7) is 5.54. The van der Waals surface area contributed by atoms with E-state index in [9.17, 15) is 18.0 Å². The smallest absolute Gasteiger partial charge is 0.421 e. The third-order valence-corrected chi connectivity index (χ3v) is 7.61. The fourth-order valence-electron chi connectivity index (χ4n) is 6.03. The largest absolute Gasteiger partial charge is 0.444 e. The molecule has 2 aromatic rings. The van der Waals surface area contributed by atoms with Crippen LogP contribution in [0.2, 0.25) is 0 Å². The van der Waals surface area contributed by atoms with Crippen molar-refractivity contribution in [3.8, 4) is 0 Å². The molecule has 2 N–H and O–H groups in total. The molecule has 1 saturated heterocycles. The number of hydrogen-bond acceptors (Lipinski definition) is 7. The number of likely N-dealkylation sites (N-methyl/N-ethyl adjacent to an activating group) is 1. The Kier molecular flexibility index (Phi) is 6.69. The molecule has 0 unspecified atom stereocenters. The van der Waals surface area contributed by atoms with Crippen molar-refractivity contribution in [1.82, 2.24) is 19.8 Å². The van der Waals surface area contributed by atoms with Gasteiger partial charge in [0, 0.05) is 24.0 Å². The molecule has 8 nitrogen and oxygen atoms in total. The second-order valence-electron chi connectivity index (χ2n) is 11.6.